The number of hydrogen-bond acceptors (Lipinski definition) is 4. The Morgan fingerprint density at radius 1 is 1.12 bits per heavy atom. The molecule has 0 radical (unpaired) electrons. The van der Waals surface area contributed by atoms with Crippen LogP contribution in [0.4, 0.5) is 0 Å². The van der Waals surface area contributed by atoms with Crippen molar-refractivity contribution in [2.24, 2.45) is 0 Å². The van der Waals surface area contributed by atoms with Crippen LogP contribution in [0.2, 0.25) is 5.02 Å². The lowest BCUT2D eigenvalue weighted by molar-refractivity contribution is 0.385. The van der Waals surface area contributed by atoms with Gasteiger partial charge in [0.15, 0.2) is 0 Å². The number of ether oxygens (including phenoxy) is 1. The number of rotatable bonds is 6. The van der Waals surface area contributed by atoms with Crippen molar-refractivity contribution in [1.82, 2.24) is 10.5 Å². The minimum Gasteiger partial charge on any atom is -0.496 e. The normalized spacial score (nSPS) is 12.1. The first-order valence-electron chi connectivity index (χ1n) is 7.72. The van der Waals surface area contributed by atoms with E-state index in [2.05, 4.69) is 10.5 Å². The Labute approximate surface area is 146 Å². The summed E-state index contributed by atoms with van der Waals surface area (Å²) in [5.74, 6) is 1.60. The molecule has 2 aromatic carbocycles. The summed E-state index contributed by atoms with van der Waals surface area (Å²) in [4.78, 5) is 0. The summed E-state index contributed by atoms with van der Waals surface area (Å²) in [6.45, 7) is 2.44. The number of halogens is 1. The molecule has 1 unspecified atom stereocenters. The first-order valence-corrected chi connectivity index (χ1v) is 8.09. The average molecular weight is 343 g/mol. The van der Waals surface area contributed by atoms with Crippen molar-refractivity contribution in [1.29, 1.82) is 0 Å². The monoisotopic (exact) mass is 342 g/mol. The van der Waals surface area contributed by atoms with Gasteiger partial charge in [-0.3, -0.25) is 0 Å². The highest BCUT2D eigenvalue weighted by molar-refractivity contribution is 6.31. The Morgan fingerprint density at radius 3 is 2.50 bits per heavy atom. The Hall–Kier alpha value is -2.30. The second kappa shape index (κ2) is 7.51. The highest BCUT2D eigenvalue weighted by atomic mass is 35.5. The zero-order valence-corrected chi connectivity index (χ0v) is 14.4. The molecule has 0 bridgehead atoms. The van der Waals surface area contributed by atoms with Gasteiger partial charge in [-0.25, -0.2) is 0 Å². The second-order valence-corrected chi connectivity index (χ2v) is 5.91. The molecule has 3 aromatic rings. The fourth-order valence-corrected chi connectivity index (χ4v) is 2.95. The molecule has 24 heavy (non-hydrogen) atoms. The van der Waals surface area contributed by atoms with Gasteiger partial charge in [-0.05, 0) is 24.6 Å². The molecule has 0 saturated heterocycles. The van der Waals surface area contributed by atoms with Crippen molar-refractivity contribution in [3.63, 3.8) is 0 Å². The van der Waals surface area contributed by atoms with E-state index in [-0.39, 0.29) is 6.04 Å². The first-order chi connectivity index (χ1) is 11.7. The molecule has 5 heteroatoms. The fourth-order valence-electron chi connectivity index (χ4n) is 2.71. The van der Waals surface area contributed by atoms with Crippen LogP contribution in [0.25, 0.3) is 0 Å². The van der Waals surface area contributed by atoms with Gasteiger partial charge >= 0.3 is 0 Å². The summed E-state index contributed by atoms with van der Waals surface area (Å²) in [6.07, 6.45) is 0. The van der Waals surface area contributed by atoms with E-state index in [0.717, 1.165) is 28.3 Å². The lowest BCUT2D eigenvalue weighted by Gasteiger charge is -2.22. The molecule has 124 valence electrons. The highest BCUT2D eigenvalue weighted by Gasteiger charge is 2.20. The van der Waals surface area contributed by atoms with Crippen LogP contribution < -0.4 is 10.1 Å². The Morgan fingerprint density at radius 2 is 1.83 bits per heavy atom. The molecule has 1 aromatic heterocycles. The van der Waals surface area contributed by atoms with Crippen LogP contribution >= 0.6 is 11.6 Å². The molecule has 1 heterocycles. The third kappa shape index (κ3) is 3.61. The number of methoxy groups -OCH3 is 1. The Kier molecular flexibility index (Phi) is 5.18. The van der Waals surface area contributed by atoms with Crippen LogP contribution in [0.5, 0.6) is 5.75 Å². The summed E-state index contributed by atoms with van der Waals surface area (Å²) in [5.41, 5.74) is 2.86. The van der Waals surface area contributed by atoms with Gasteiger partial charge < -0.3 is 14.6 Å². The van der Waals surface area contributed by atoms with E-state index in [0.29, 0.717) is 11.6 Å². The maximum Gasteiger partial charge on any atom is 0.133 e. The molecule has 0 aliphatic rings. The lowest BCUT2D eigenvalue weighted by atomic mass is 9.97. The SMILES string of the molecule is COc1ccccc1C(NCc1cc(C)on1)c1ccccc1Cl. The van der Waals surface area contributed by atoms with Crippen LogP contribution in [0.1, 0.15) is 28.6 Å². The number of nitrogens with zero attached hydrogens (tertiary/aromatic N) is 1. The summed E-state index contributed by atoms with van der Waals surface area (Å²) in [7, 11) is 1.67. The van der Waals surface area contributed by atoms with Crippen molar-refractivity contribution in [2.75, 3.05) is 7.11 Å². The Balaban J connectivity index is 1.96. The predicted molar refractivity (Wildman–Crippen MR) is 94.4 cm³/mol. The topological polar surface area (TPSA) is 47.3 Å². The summed E-state index contributed by atoms with van der Waals surface area (Å²) in [5, 5.41) is 8.25. The van der Waals surface area contributed by atoms with E-state index in [4.69, 9.17) is 20.9 Å². The summed E-state index contributed by atoms with van der Waals surface area (Å²) in [6, 6.07) is 17.5. The van der Waals surface area contributed by atoms with Crippen LogP contribution in [-0.2, 0) is 6.54 Å². The molecule has 3 rings (SSSR count). The quantitative estimate of drug-likeness (QED) is 0.715. The molecule has 0 amide bonds. The summed E-state index contributed by atoms with van der Waals surface area (Å²) < 4.78 is 10.7. The predicted octanol–water partition coefficient (Wildman–Crippen LogP) is 4.52. The van der Waals surface area contributed by atoms with Gasteiger partial charge in [0.1, 0.15) is 11.5 Å². The summed E-state index contributed by atoms with van der Waals surface area (Å²) >= 11 is 6.44. The fraction of sp³-hybridized carbons (Fsp3) is 0.211. The van der Waals surface area contributed by atoms with Gasteiger partial charge in [0, 0.05) is 23.2 Å². The van der Waals surface area contributed by atoms with Gasteiger partial charge in [0.05, 0.1) is 18.8 Å². The average Bonchev–Trinajstić information content (AvgIpc) is 3.02. The van der Waals surface area contributed by atoms with E-state index in [9.17, 15) is 0 Å². The third-order valence-corrected chi connectivity index (χ3v) is 4.17. The standard InChI is InChI=1S/C19H19ClN2O2/c1-13-11-14(22-24-13)12-21-19(15-7-3-5-9-17(15)20)16-8-4-6-10-18(16)23-2/h3-11,19,21H,12H2,1-2H3. The Bertz CT molecular complexity index is 816. The number of nitrogens with one attached hydrogen (secondary N) is 1. The van der Waals surface area contributed by atoms with Crippen LogP contribution in [0.3, 0.4) is 0 Å². The molecule has 0 aliphatic carbocycles. The zero-order valence-electron chi connectivity index (χ0n) is 13.6. The largest absolute Gasteiger partial charge is 0.496 e. The van der Waals surface area contributed by atoms with E-state index in [1.54, 1.807) is 7.11 Å². The van der Waals surface area contributed by atoms with Gasteiger partial charge in [-0.1, -0.05) is 53.2 Å². The minimum absolute atomic E-state index is 0.119. The third-order valence-electron chi connectivity index (χ3n) is 3.83. The second-order valence-electron chi connectivity index (χ2n) is 5.51. The maximum atomic E-state index is 6.44. The molecular formula is C19H19ClN2O2. The molecule has 1 N–H and O–H groups in total. The van der Waals surface area contributed by atoms with Crippen molar-refractivity contribution >= 4 is 11.6 Å². The first kappa shape index (κ1) is 16.6. The number of hydrogen-bond donors (Lipinski definition) is 1. The van der Waals surface area contributed by atoms with Crippen LogP contribution in [0.15, 0.2) is 59.1 Å². The molecule has 0 saturated carbocycles. The number of benzene rings is 2. The minimum atomic E-state index is -0.119. The molecule has 4 nitrogen and oxygen atoms in total. The van der Waals surface area contributed by atoms with E-state index in [1.807, 2.05) is 61.5 Å². The molecule has 0 aliphatic heterocycles. The zero-order chi connectivity index (χ0) is 16.9. The van der Waals surface area contributed by atoms with Gasteiger partial charge in [0.2, 0.25) is 0 Å². The smallest absolute Gasteiger partial charge is 0.133 e. The molecule has 0 spiro atoms. The van der Waals surface area contributed by atoms with Crippen molar-refractivity contribution in [2.45, 2.75) is 19.5 Å². The van der Waals surface area contributed by atoms with Crippen molar-refractivity contribution < 1.29 is 9.26 Å². The van der Waals surface area contributed by atoms with E-state index >= 15 is 0 Å². The van der Waals surface area contributed by atoms with Crippen LogP contribution in [-0.4, -0.2) is 12.3 Å². The van der Waals surface area contributed by atoms with Gasteiger partial charge in [-0.15, -0.1) is 0 Å². The molecule has 0 fully saturated rings. The molecule has 1 atom stereocenters. The number of para-hydroxylation sites is 1. The van der Waals surface area contributed by atoms with Crippen LogP contribution in [0, 0.1) is 6.92 Å². The van der Waals surface area contributed by atoms with E-state index < -0.39 is 0 Å². The highest BCUT2D eigenvalue weighted by Crippen LogP contribution is 2.33. The lowest BCUT2D eigenvalue weighted by Crippen LogP contribution is -2.23. The van der Waals surface area contributed by atoms with Gasteiger partial charge in [0.25, 0.3) is 0 Å². The maximum absolute atomic E-state index is 6.44. The molecular weight excluding hydrogens is 324 g/mol. The number of aryl methyl sites for hydroxylation is 1. The van der Waals surface area contributed by atoms with E-state index in [1.165, 1.54) is 0 Å². The van der Waals surface area contributed by atoms with Crippen molar-refractivity contribution in [3.8, 4) is 5.75 Å². The van der Waals surface area contributed by atoms with Crippen molar-refractivity contribution in [3.05, 3.63) is 82.2 Å². The van der Waals surface area contributed by atoms with Gasteiger partial charge in [-0.2, -0.15) is 0 Å². The number of aromatic nitrogens is 1.